The Morgan fingerprint density at radius 1 is 1.30 bits per heavy atom. The van der Waals surface area contributed by atoms with E-state index >= 15 is 0 Å². The number of guanidine groups is 1. The summed E-state index contributed by atoms with van der Waals surface area (Å²) in [5, 5.41) is 6.71. The van der Waals surface area contributed by atoms with Crippen LogP contribution in [0.25, 0.3) is 0 Å². The van der Waals surface area contributed by atoms with E-state index in [0.717, 1.165) is 37.2 Å². The van der Waals surface area contributed by atoms with Crippen molar-refractivity contribution in [2.75, 3.05) is 32.7 Å². The van der Waals surface area contributed by atoms with Crippen molar-refractivity contribution >= 4 is 29.9 Å². The molecule has 2 heterocycles. The number of rotatable bonds is 6. The van der Waals surface area contributed by atoms with Gasteiger partial charge in [-0.1, -0.05) is 13.0 Å². The second-order valence-electron chi connectivity index (χ2n) is 5.97. The zero-order valence-electron chi connectivity index (χ0n) is 14.3. The SMILES string of the molecule is CCNC(=NCc1ccccn1)NCCN1CCC(C)CC1.I. The molecule has 1 fully saturated rings. The molecule has 0 aliphatic carbocycles. The second kappa shape index (κ2) is 11.6. The first kappa shape index (κ1) is 20.2. The Morgan fingerprint density at radius 3 is 2.74 bits per heavy atom. The normalized spacial score (nSPS) is 16.7. The third-order valence-electron chi connectivity index (χ3n) is 4.07. The molecule has 0 radical (unpaired) electrons. The lowest BCUT2D eigenvalue weighted by Crippen LogP contribution is -2.43. The fraction of sp³-hybridized carbons (Fsp3) is 0.647. The Morgan fingerprint density at radius 2 is 2.09 bits per heavy atom. The van der Waals surface area contributed by atoms with Gasteiger partial charge in [0.05, 0.1) is 12.2 Å². The monoisotopic (exact) mass is 431 g/mol. The highest BCUT2D eigenvalue weighted by Gasteiger charge is 2.14. The molecular formula is C17H30IN5. The van der Waals surface area contributed by atoms with Crippen molar-refractivity contribution < 1.29 is 0 Å². The summed E-state index contributed by atoms with van der Waals surface area (Å²) in [4.78, 5) is 11.4. The summed E-state index contributed by atoms with van der Waals surface area (Å²) in [5.74, 6) is 1.76. The van der Waals surface area contributed by atoms with Gasteiger partial charge in [-0.05, 0) is 50.9 Å². The van der Waals surface area contributed by atoms with Gasteiger partial charge < -0.3 is 15.5 Å². The minimum absolute atomic E-state index is 0. The van der Waals surface area contributed by atoms with Crippen molar-refractivity contribution in [1.29, 1.82) is 0 Å². The lowest BCUT2D eigenvalue weighted by atomic mass is 9.99. The molecule has 2 rings (SSSR count). The van der Waals surface area contributed by atoms with E-state index in [4.69, 9.17) is 0 Å². The van der Waals surface area contributed by atoms with Crippen molar-refractivity contribution in [3.63, 3.8) is 0 Å². The maximum absolute atomic E-state index is 4.59. The minimum atomic E-state index is 0. The molecular weight excluding hydrogens is 401 g/mol. The van der Waals surface area contributed by atoms with Crippen LogP contribution in [0.1, 0.15) is 32.4 Å². The molecule has 1 aromatic rings. The summed E-state index contributed by atoms with van der Waals surface area (Å²) in [6.45, 7) is 10.4. The number of hydrogen-bond acceptors (Lipinski definition) is 3. The van der Waals surface area contributed by atoms with E-state index in [1.54, 1.807) is 0 Å². The van der Waals surface area contributed by atoms with Crippen LogP contribution in [0, 0.1) is 5.92 Å². The average Bonchev–Trinajstić information content (AvgIpc) is 2.55. The third kappa shape index (κ3) is 7.97. The zero-order valence-corrected chi connectivity index (χ0v) is 16.6. The summed E-state index contributed by atoms with van der Waals surface area (Å²) in [6, 6.07) is 5.92. The maximum Gasteiger partial charge on any atom is 0.191 e. The van der Waals surface area contributed by atoms with Crippen LogP contribution in [0.4, 0.5) is 0 Å². The van der Waals surface area contributed by atoms with Gasteiger partial charge in [-0.3, -0.25) is 4.98 Å². The predicted octanol–water partition coefficient (Wildman–Crippen LogP) is 2.49. The van der Waals surface area contributed by atoms with Gasteiger partial charge in [0.25, 0.3) is 0 Å². The number of nitrogens with one attached hydrogen (secondary N) is 2. The molecule has 1 saturated heterocycles. The highest BCUT2D eigenvalue weighted by atomic mass is 127. The van der Waals surface area contributed by atoms with E-state index in [1.807, 2.05) is 24.4 Å². The van der Waals surface area contributed by atoms with Gasteiger partial charge in [0, 0.05) is 25.8 Å². The molecule has 0 spiro atoms. The number of pyridine rings is 1. The Balaban J connectivity index is 0.00000264. The van der Waals surface area contributed by atoms with Crippen LogP contribution in [-0.4, -0.2) is 48.6 Å². The molecule has 0 bridgehead atoms. The third-order valence-corrected chi connectivity index (χ3v) is 4.07. The Hall–Kier alpha value is -0.890. The van der Waals surface area contributed by atoms with E-state index in [-0.39, 0.29) is 24.0 Å². The first-order valence-corrected chi connectivity index (χ1v) is 8.42. The summed E-state index contributed by atoms with van der Waals surface area (Å²) in [7, 11) is 0. The Kier molecular flexibility index (Phi) is 10.2. The summed E-state index contributed by atoms with van der Waals surface area (Å²) >= 11 is 0. The van der Waals surface area contributed by atoms with Gasteiger partial charge in [0.1, 0.15) is 0 Å². The van der Waals surface area contributed by atoms with Crippen molar-refractivity contribution in [2.45, 2.75) is 33.2 Å². The van der Waals surface area contributed by atoms with Gasteiger partial charge in [0.2, 0.25) is 0 Å². The molecule has 0 amide bonds. The smallest absolute Gasteiger partial charge is 0.191 e. The molecule has 6 heteroatoms. The lowest BCUT2D eigenvalue weighted by molar-refractivity contribution is 0.195. The molecule has 1 aliphatic rings. The molecule has 0 saturated carbocycles. The van der Waals surface area contributed by atoms with Gasteiger partial charge in [0.15, 0.2) is 5.96 Å². The summed E-state index contributed by atoms with van der Waals surface area (Å²) in [5.41, 5.74) is 0.990. The van der Waals surface area contributed by atoms with Crippen molar-refractivity contribution in [3.8, 4) is 0 Å². The Bertz CT molecular complexity index is 444. The molecule has 0 unspecified atom stereocenters. The molecule has 0 atom stereocenters. The largest absolute Gasteiger partial charge is 0.357 e. The van der Waals surface area contributed by atoms with Crippen LogP contribution in [0.15, 0.2) is 29.4 Å². The van der Waals surface area contributed by atoms with Gasteiger partial charge in [-0.2, -0.15) is 0 Å². The van der Waals surface area contributed by atoms with Crippen LogP contribution < -0.4 is 10.6 Å². The maximum atomic E-state index is 4.59. The zero-order chi connectivity index (χ0) is 15.6. The number of halogens is 1. The van der Waals surface area contributed by atoms with Crippen LogP contribution in [0.2, 0.25) is 0 Å². The number of aromatic nitrogens is 1. The number of piperidine rings is 1. The van der Waals surface area contributed by atoms with E-state index in [9.17, 15) is 0 Å². The minimum Gasteiger partial charge on any atom is -0.357 e. The van der Waals surface area contributed by atoms with Crippen LogP contribution >= 0.6 is 24.0 Å². The second-order valence-corrected chi connectivity index (χ2v) is 5.97. The van der Waals surface area contributed by atoms with Crippen LogP contribution in [0.3, 0.4) is 0 Å². The highest BCUT2D eigenvalue weighted by molar-refractivity contribution is 14.0. The highest BCUT2D eigenvalue weighted by Crippen LogP contribution is 2.14. The van der Waals surface area contributed by atoms with E-state index in [2.05, 4.69) is 39.4 Å². The van der Waals surface area contributed by atoms with Crippen molar-refractivity contribution in [1.82, 2.24) is 20.5 Å². The molecule has 23 heavy (non-hydrogen) atoms. The number of likely N-dealkylation sites (tertiary alicyclic amines) is 1. The van der Waals surface area contributed by atoms with Gasteiger partial charge >= 0.3 is 0 Å². The van der Waals surface area contributed by atoms with Crippen LogP contribution in [0.5, 0.6) is 0 Å². The quantitative estimate of drug-likeness (QED) is 0.413. The van der Waals surface area contributed by atoms with E-state index in [0.29, 0.717) is 6.54 Å². The van der Waals surface area contributed by atoms with Crippen molar-refractivity contribution in [2.24, 2.45) is 10.9 Å². The summed E-state index contributed by atoms with van der Waals surface area (Å²) < 4.78 is 0. The van der Waals surface area contributed by atoms with E-state index in [1.165, 1.54) is 25.9 Å². The summed E-state index contributed by atoms with van der Waals surface area (Å²) in [6.07, 6.45) is 4.46. The number of aliphatic imine (C=N–C) groups is 1. The Labute approximate surface area is 157 Å². The molecule has 5 nitrogen and oxygen atoms in total. The first-order chi connectivity index (χ1) is 10.8. The fourth-order valence-corrected chi connectivity index (χ4v) is 2.61. The molecule has 1 aliphatic heterocycles. The molecule has 2 N–H and O–H groups in total. The van der Waals surface area contributed by atoms with Crippen molar-refractivity contribution in [3.05, 3.63) is 30.1 Å². The molecule has 1 aromatic heterocycles. The number of hydrogen-bond donors (Lipinski definition) is 2. The van der Waals surface area contributed by atoms with Gasteiger partial charge in [-0.25, -0.2) is 4.99 Å². The van der Waals surface area contributed by atoms with E-state index < -0.39 is 0 Å². The lowest BCUT2D eigenvalue weighted by Gasteiger charge is -2.30. The average molecular weight is 431 g/mol. The first-order valence-electron chi connectivity index (χ1n) is 8.42. The number of nitrogens with zero attached hydrogens (tertiary/aromatic N) is 3. The topological polar surface area (TPSA) is 52.6 Å². The van der Waals surface area contributed by atoms with Gasteiger partial charge in [-0.15, -0.1) is 24.0 Å². The fourth-order valence-electron chi connectivity index (χ4n) is 2.61. The molecule has 130 valence electrons. The van der Waals surface area contributed by atoms with Crippen LogP contribution in [-0.2, 0) is 6.54 Å². The standard InChI is InChI=1S/C17H29N5.HI/c1-3-18-17(21-14-16-6-4-5-9-19-16)20-10-13-22-11-7-15(2)8-12-22;/h4-6,9,15H,3,7-8,10-14H2,1-2H3,(H2,18,20,21);1H. The molecule has 0 aromatic carbocycles. The predicted molar refractivity (Wildman–Crippen MR) is 107 cm³/mol.